The molecule has 2 saturated carbocycles. The summed E-state index contributed by atoms with van der Waals surface area (Å²) in [7, 11) is 0. The molecule has 1 heterocycles. The zero-order valence-electron chi connectivity index (χ0n) is 12.1. The number of aliphatic carboxylic acids is 1. The van der Waals surface area contributed by atoms with Crippen molar-refractivity contribution in [2.45, 2.75) is 51.0 Å². The average molecular weight is 294 g/mol. The first-order chi connectivity index (χ1) is 10.0. The Morgan fingerprint density at radius 3 is 2.52 bits per heavy atom. The first-order valence-electron chi connectivity index (χ1n) is 7.82. The van der Waals surface area contributed by atoms with Gasteiger partial charge in [-0.2, -0.15) is 0 Å². The van der Waals surface area contributed by atoms with Crippen LogP contribution in [0.1, 0.15) is 44.9 Å². The number of carboxylic acids is 1. The fourth-order valence-electron chi connectivity index (χ4n) is 3.49. The lowest BCUT2D eigenvalue weighted by atomic mass is 10.1. The van der Waals surface area contributed by atoms with E-state index in [9.17, 15) is 14.4 Å². The van der Waals surface area contributed by atoms with Gasteiger partial charge in [0.05, 0.1) is 11.3 Å². The molecule has 1 atom stereocenters. The van der Waals surface area contributed by atoms with E-state index >= 15 is 0 Å². The third-order valence-electron chi connectivity index (χ3n) is 5.20. The highest BCUT2D eigenvalue weighted by Crippen LogP contribution is 2.45. The van der Waals surface area contributed by atoms with Crippen LogP contribution < -0.4 is 5.32 Å². The third kappa shape index (κ3) is 2.76. The van der Waals surface area contributed by atoms with Gasteiger partial charge in [0, 0.05) is 25.6 Å². The van der Waals surface area contributed by atoms with Crippen molar-refractivity contribution in [2.24, 2.45) is 11.3 Å². The van der Waals surface area contributed by atoms with Gasteiger partial charge in [-0.1, -0.05) is 12.8 Å². The molecule has 0 spiro atoms. The molecule has 3 fully saturated rings. The largest absolute Gasteiger partial charge is 0.481 e. The molecule has 0 aromatic carbocycles. The number of rotatable bonds is 5. The molecule has 0 bridgehead atoms. The molecule has 2 amide bonds. The summed E-state index contributed by atoms with van der Waals surface area (Å²) in [4.78, 5) is 37.2. The summed E-state index contributed by atoms with van der Waals surface area (Å²) in [5.41, 5.74) is -0.747. The molecule has 0 radical (unpaired) electrons. The zero-order valence-corrected chi connectivity index (χ0v) is 12.1. The lowest BCUT2D eigenvalue weighted by molar-refractivity contribution is -0.143. The van der Waals surface area contributed by atoms with Crippen molar-refractivity contribution in [2.75, 3.05) is 13.1 Å². The average Bonchev–Trinajstić information content (AvgIpc) is 2.88. The molecule has 2 aliphatic carbocycles. The van der Waals surface area contributed by atoms with Crippen LogP contribution in [0.15, 0.2) is 0 Å². The maximum Gasteiger partial charge on any atom is 0.311 e. The molecule has 3 aliphatic rings. The molecule has 0 aromatic rings. The minimum Gasteiger partial charge on any atom is -0.481 e. The van der Waals surface area contributed by atoms with E-state index in [1.807, 2.05) is 4.90 Å². The Labute approximate surface area is 123 Å². The van der Waals surface area contributed by atoms with Gasteiger partial charge in [0.25, 0.3) is 0 Å². The number of hydrogen-bond acceptors (Lipinski definition) is 3. The third-order valence-corrected chi connectivity index (χ3v) is 5.20. The van der Waals surface area contributed by atoms with Crippen LogP contribution in [0.4, 0.5) is 0 Å². The van der Waals surface area contributed by atoms with Gasteiger partial charge in [-0.25, -0.2) is 0 Å². The minimum atomic E-state index is -0.835. The van der Waals surface area contributed by atoms with E-state index < -0.39 is 11.4 Å². The van der Waals surface area contributed by atoms with Gasteiger partial charge < -0.3 is 15.3 Å². The minimum absolute atomic E-state index is 0.0708. The topological polar surface area (TPSA) is 86.7 Å². The fourth-order valence-corrected chi connectivity index (χ4v) is 3.49. The lowest BCUT2D eigenvalue weighted by Gasteiger charge is -2.24. The maximum absolute atomic E-state index is 12.2. The molecular formula is C15H22N2O4. The van der Waals surface area contributed by atoms with Crippen molar-refractivity contribution < 1.29 is 19.5 Å². The summed E-state index contributed by atoms with van der Waals surface area (Å²) < 4.78 is 0. The van der Waals surface area contributed by atoms with E-state index in [4.69, 9.17) is 5.11 Å². The predicted molar refractivity (Wildman–Crippen MR) is 74.4 cm³/mol. The second-order valence-corrected chi connectivity index (χ2v) is 6.69. The van der Waals surface area contributed by atoms with Gasteiger partial charge in [0.1, 0.15) is 0 Å². The van der Waals surface area contributed by atoms with Crippen molar-refractivity contribution in [3.8, 4) is 0 Å². The van der Waals surface area contributed by atoms with Gasteiger partial charge in [-0.05, 0) is 25.7 Å². The van der Waals surface area contributed by atoms with E-state index in [0.29, 0.717) is 25.4 Å². The normalized spacial score (nSPS) is 27.9. The van der Waals surface area contributed by atoms with Crippen molar-refractivity contribution in [1.82, 2.24) is 10.2 Å². The number of carboxylic acid groups (broad SMARTS) is 1. The molecule has 2 N–H and O–H groups in total. The number of nitrogens with one attached hydrogen (secondary N) is 1. The second kappa shape index (κ2) is 5.31. The molecular weight excluding hydrogens is 272 g/mol. The highest BCUT2D eigenvalue weighted by atomic mass is 16.4. The van der Waals surface area contributed by atoms with Crippen LogP contribution in [0.5, 0.6) is 0 Å². The van der Waals surface area contributed by atoms with Crippen LogP contribution in [0.3, 0.4) is 0 Å². The Morgan fingerprint density at radius 1 is 1.29 bits per heavy atom. The van der Waals surface area contributed by atoms with Crippen LogP contribution in [-0.4, -0.2) is 46.9 Å². The van der Waals surface area contributed by atoms with E-state index in [2.05, 4.69) is 5.32 Å². The number of nitrogens with zero attached hydrogens (tertiary/aromatic N) is 1. The first-order valence-corrected chi connectivity index (χ1v) is 7.82. The van der Waals surface area contributed by atoms with E-state index in [0.717, 1.165) is 25.7 Å². The Bertz CT molecular complexity index is 466. The summed E-state index contributed by atoms with van der Waals surface area (Å²) in [6.45, 7) is 0.685. The summed E-state index contributed by atoms with van der Waals surface area (Å²) in [5, 5.41) is 11.8. The van der Waals surface area contributed by atoms with Crippen LogP contribution >= 0.6 is 0 Å². The predicted octanol–water partition coefficient (Wildman–Crippen LogP) is 0.758. The lowest BCUT2D eigenvalue weighted by Crippen LogP contribution is -2.39. The van der Waals surface area contributed by atoms with Gasteiger partial charge in [-0.15, -0.1) is 0 Å². The van der Waals surface area contributed by atoms with Crippen molar-refractivity contribution in [3.63, 3.8) is 0 Å². The molecule has 1 saturated heterocycles. The quantitative estimate of drug-likeness (QED) is 0.783. The number of carbonyl (C=O) groups excluding carboxylic acids is 2. The van der Waals surface area contributed by atoms with Crippen LogP contribution in [0.2, 0.25) is 0 Å². The van der Waals surface area contributed by atoms with Gasteiger partial charge in [0.2, 0.25) is 11.8 Å². The first kappa shape index (κ1) is 14.4. The number of carbonyl (C=O) groups is 3. The Kier molecular flexibility index (Phi) is 3.63. The molecule has 1 aliphatic heterocycles. The fraction of sp³-hybridized carbons (Fsp3) is 0.800. The Morgan fingerprint density at radius 2 is 1.95 bits per heavy atom. The molecule has 3 rings (SSSR count). The summed E-state index contributed by atoms with van der Waals surface area (Å²) in [6.07, 6.45) is 5.92. The molecule has 6 heteroatoms. The summed E-state index contributed by atoms with van der Waals surface area (Å²) in [6, 6.07) is 0.309. The van der Waals surface area contributed by atoms with Crippen LogP contribution in [-0.2, 0) is 14.4 Å². The van der Waals surface area contributed by atoms with Gasteiger partial charge in [-0.3, -0.25) is 14.4 Å². The zero-order chi connectivity index (χ0) is 15.0. The highest BCUT2D eigenvalue weighted by molar-refractivity contribution is 5.90. The highest BCUT2D eigenvalue weighted by Gasteiger charge is 2.50. The monoisotopic (exact) mass is 294 g/mol. The number of amides is 2. The van der Waals surface area contributed by atoms with E-state index in [1.54, 1.807) is 0 Å². The van der Waals surface area contributed by atoms with Crippen LogP contribution in [0.25, 0.3) is 0 Å². The maximum atomic E-state index is 12.2. The van der Waals surface area contributed by atoms with Crippen molar-refractivity contribution in [1.29, 1.82) is 0 Å². The molecule has 21 heavy (non-hydrogen) atoms. The van der Waals surface area contributed by atoms with Crippen molar-refractivity contribution in [3.05, 3.63) is 0 Å². The van der Waals surface area contributed by atoms with E-state index in [-0.39, 0.29) is 30.7 Å². The SMILES string of the molecule is O=C(NCC1(C(=O)O)CC1)C1CC(=O)N(C2CCCC2)C1. The molecule has 1 unspecified atom stereocenters. The molecule has 116 valence electrons. The molecule has 6 nitrogen and oxygen atoms in total. The summed E-state index contributed by atoms with van der Waals surface area (Å²) >= 11 is 0. The van der Waals surface area contributed by atoms with Gasteiger partial charge in [0.15, 0.2) is 0 Å². The Hall–Kier alpha value is -1.59. The molecule has 0 aromatic heterocycles. The van der Waals surface area contributed by atoms with Gasteiger partial charge >= 0.3 is 5.97 Å². The standard InChI is InChI=1S/C15H22N2O4/c18-12-7-10(8-17(12)11-3-1-2-4-11)13(19)16-9-15(5-6-15)14(20)21/h10-11H,1-9H2,(H,16,19)(H,20,21). The smallest absolute Gasteiger partial charge is 0.311 e. The van der Waals surface area contributed by atoms with Crippen LogP contribution in [0, 0.1) is 11.3 Å². The Balaban J connectivity index is 1.52. The number of likely N-dealkylation sites (tertiary alicyclic amines) is 1. The second-order valence-electron chi connectivity index (χ2n) is 6.69. The van der Waals surface area contributed by atoms with Crippen molar-refractivity contribution >= 4 is 17.8 Å². The van der Waals surface area contributed by atoms with E-state index in [1.165, 1.54) is 0 Å². The summed E-state index contributed by atoms with van der Waals surface area (Å²) in [5.74, 6) is -1.25. The number of hydrogen-bond donors (Lipinski definition) is 2.